The van der Waals surface area contributed by atoms with Gasteiger partial charge < -0.3 is 10.6 Å². The molecule has 5 rings (SSSR count). The lowest BCUT2D eigenvalue weighted by molar-refractivity contribution is -0.275. The molecule has 3 atom stereocenters. The van der Waals surface area contributed by atoms with Crippen LogP contribution in [0.4, 0.5) is 13.2 Å². The van der Waals surface area contributed by atoms with Crippen LogP contribution in [0, 0.1) is 0 Å². The molecule has 3 aromatic rings. The standard InChI is InChI=1S/C23H17Cl2F3N2OS/c24-13-7-12(8-14(25)9-13)22(23(26,27)28)11-19(30-31-22)16-5-6-20(32-21-10-18(21)29)17-4-2-1-3-15(16)17/h1-9,18,21H,10-11,29H2/t18?,21?,22-/m0/s1. The fourth-order valence-corrected chi connectivity index (χ4v) is 5.75. The van der Waals surface area contributed by atoms with E-state index in [0.717, 1.165) is 22.1 Å². The van der Waals surface area contributed by atoms with Gasteiger partial charge in [-0.1, -0.05) is 58.7 Å². The Morgan fingerprint density at radius 2 is 1.69 bits per heavy atom. The van der Waals surface area contributed by atoms with Crippen LogP contribution in [-0.2, 0) is 10.4 Å². The number of rotatable bonds is 4. The molecule has 0 bridgehead atoms. The summed E-state index contributed by atoms with van der Waals surface area (Å²) in [6.07, 6.45) is -4.27. The van der Waals surface area contributed by atoms with E-state index in [1.54, 1.807) is 17.8 Å². The van der Waals surface area contributed by atoms with Gasteiger partial charge in [-0.05, 0) is 41.5 Å². The Kier molecular flexibility index (Phi) is 5.36. The van der Waals surface area contributed by atoms with Gasteiger partial charge in [-0.2, -0.15) is 13.2 Å². The second-order valence-electron chi connectivity index (χ2n) is 8.00. The molecule has 0 amide bonds. The van der Waals surface area contributed by atoms with E-state index >= 15 is 0 Å². The topological polar surface area (TPSA) is 47.6 Å². The Morgan fingerprint density at radius 1 is 1.03 bits per heavy atom. The van der Waals surface area contributed by atoms with Crippen LogP contribution in [0.25, 0.3) is 10.8 Å². The summed E-state index contributed by atoms with van der Waals surface area (Å²) in [7, 11) is 0. The summed E-state index contributed by atoms with van der Waals surface area (Å²) in [6.45, 7) is 0. The van der Waals surface area contributed by atoms with E-state index in [2.05, 4.69) is 5.16 Å². The third kappa shape index (κ3) is 3.75. The van der Waals surface area contributed by atoms with Crippen molar-refractivity contribution < 1.29 is 18.0 Å². The molecular formula is C23H17Cl2F3N2OS. The average Bonchev–Trinajstić information content (AvgIpc) is 3.23. The Labute approximate surface area is 196 Å². The highest BCUT2D eigenvalue weighted by atomic mass is 35.5. The Balaban J connectivity index is 1.56. The van der Waals surface area contributed by atoms with Crippen LogP contribution in [0.15, 0.2) is 64.6 Å². The molecule has 1 saturated carbocycles. The Morgan fingerprint density at radius 3 is 2.31 bits per heavy atom. The smallest absolute Gasteiger partial charge is 0.374 e. The lowest BCUT2D eigenvalue weighted by Gasteiger charge is -2.29. The van der Waals surface area contributed by atoms with Gasteiger partial charge in [-0.15, -0.1) is 11.8 Å². The van der Waals surface area contributed by atoms with Crippen LogP contribution < -0.4 is 5.73 Å². The average molecular weight is 497 g/mol. The molecule has 3 nitrogen and oxygen atoms in total. The number of hydrogen-bond donors (Lipinski definition) is 1. The third-order valence-corrected chi connectivity index (χ3v) is 7.66. The minimum atomic E-state index is -4.74. The van der Waals surface area contributed by atoms with Gasteiger partial charge in [0, 0.05) is 43.8 Å². The monoisotopic (exact) mass is 496 g/mol. The normalized spacial score (nSPS) is 25.0. The highest BCUT2D eigenvalue weighted by molar-refractivity contribution is 8.00. The lowest BCUT2D eigenvalue weighted by atomic mass is 9.85. The first-order valence-corrected chi connectivity index (χ1v) is 11.5. The summed E-state index contributed by atoms with van der Waals surface area (Å²) >= 11 is 13.7. The molecule has 2 unspecified atom stereocenters. The van der Waals surface area contributed by atoms with Gasteiger partial charge in [-0.25, -0.2) is 0 Å². The van der Waals surface area contributed by atoms with Crippen molar-refractivity contribution in [3.8, 4) is 0 Å². The van der Waals surface area contributed by atoms with Gasteiger partial charge in [0.25, 0.3) is 5.60 Å². The molecule has 1 aliphatic carbocycles. The van der Waals surface area contributed by atoms with Crippen molar-refractivity contribution in [2.24, 2.45) is 10.9 Å². The lowest BCUT2D eigenvalue weighted by Crippen LogP contribution is -2.42. The number of alkyl halides is 3. The van der Waals surface area contributed by atoms with Gasteiger partial charge in [-0.3, -0.25) is 0 Å². The maximum Gasteiger partial charge on any atom is 0.435 e. The molecule has 3 aromatic carbocycles. The van der Waals surface area contributed by atoms with Crippen LogP contribution in [0.1, 0.15) is 24.0 Å². The molecule has 2 N–H and O–H groups in total. The predicted molar refractivity (Wildman–Crippen MR) is 123 cm³/mol. The molecule has 0 spiro atoms. The van der Waals surface area contributed by atoms with Crippen molar-refractivity contribution in [2.45, 2.75) is 40.8 Å². The van der Waals surface area contributed by atoms with E-state index in [-0.39, 0.29) is 27.4 Å². The molecule has 9 heteroatoms. The van der Waals surface area contributed by atoms with E-state index < -0.39 is 18.2 Å². The maximum atomic E-state index is 14.3. The van der Waals surface area contributed by atoms with Crippen LogP contribution >= 0.6 is 35.0 Å². The quantitative estimate of drug-likeness (QED) is 0.426. The maximum absolute atomic E-state index is 14.3. The van der Waals surface area contributed by atoms with E-state index in [1.807, 2.05) is 30.3 Å². The molecular weight excluding hydrogens is 480 g/mol. The van der Waals surface area contributed by atoms with E-state index in [0.29, 0.717) is 10.8 Å². The molecule has 0 aromatic heterocycles. The molecule has 1 fully saturated rings. The molecule has 32 heavy (non-hydrogen) atoms. The number of nitrogens with two attached hydrogens (primary N) is 1. The first kappa shape index (κ1) is 21.9. The number of thioether (sulfide) groups is 1. The van der Waals surface area contributed by atoms with Crippen molar-refractivity contribution in [2.75, 3.05) is 0 Å². The Bertz CT molecular complexity index is 1230. The first-order chi connectivity index (χ1) is 15.2. The molecule has 0 saturated heterocycles. The summed E-state index contributed by atoms with van der Waals surface area (Å²) < 4.78 is 43.0. The number of halogens is 5. The molecule has 1 heterocycles. The van der Waals surface area contributed by atoms with Crippen molar-refractivity contribution >= 4 is 51.4 Å². The first-order valence-electron chi connectivity index (χ1n) is 9.91. The number of nitrogens with zero attached hydrogens (tertiary/aromatic N) is 1. The van der Waals surface area contributed by atoms with Crippen LogP contribution in [0.5, 0.6) is 0 Å². The summed E-state index contributed by atoms with van der Waals surface area (Å²) in [5, 5.41) is 6.23. The second kappa shape index (κ2) is 7.83. The number of hydrogen-bond acceptors (Lipinski definition) is 4. The zero-order valence-electron chi connectivity index (χ0n) is 16.5. The second-order valence-corrected chi connectivity index (χ2v) is 10.2. The van der Waals surface area contributed by atoms with Crippen molar-refractivity contribution in [3.05, 3.63) is 75.8 Å². The van der Waals surface area contributed by atoms with E-state index in [9.17, 15) is 13.2 Å². The van der Waals surface area contributed by atoms with Crippen molar-refractivity contribution in [1.29, 1.82) is 0 Å². The summed E-state index contributed by atoms with van der Waals surface area (Å²) in [5.74, 6) is 0. The fourth-order valence-electron chi connectivity index (χ4n) is 3.95. The van der Waals surface area contributed by atoms with Gasteiger partial charge in [0.1, 0.15) is 0 Å². The van der Waals surface area contributed by atoms with Gasteiger partial charge in [0.2, 0.25) is 0 Å². The fraction of sp³-hybridized carbons (Fsp3) is 0.261. The van der Waals surface area contributed by atoms with Crippen LogP contribution in [0.2, 0.25) is 10.0 Å². The van der Waals surface area contributed by atoms with E-state index in [4.69, 9.17) is 33.8 Å². The zero-order valence-corrected chi connectivity index (χ0v) is 18.8. The largest absolute Gasteiger partial charge is 0.435 e. The third-order valence-electron chi connectivity index (χ3n) is 5.77. The molecule has 1 aliphatic heterocycles. The summed E-state index contributed by atoms with van der Waals surface area (Å²) in [6, 6.07) is 15.3. The molecule has 166 valence electrons. The minimum absolute atomic E-state index is 0.0956. The van der Waals surface area contributed by atoms with Crippen LogP contribution in [0.3, 0.4) is 0 Å². The highest BCUT2D eigenvalue weighted by Gasteiger charge is 2.62. The van der Waals surface area contributed by atoms with Gasteiger partial charge in [0.05, 0.1) is 5.71 Å². The van der Waals surface area contributed by atoms with E-state index in [1.165, 1.54) is 18.2 Å². The summed E-state index contributed by atoms with van der Waals surface area (Å²) in [5.41, 5.74) is 3.93. The summed E-state index contributed by atoms with van der Waals surface area (Å²) in [4.78, 5) is 6.21. The van der Waals surface area contributed by atoms with Gasteiger partial charge >= 0.3 is 6.18 Å². The minimum Gasteiger partial charge on any atom is -0.374 e. The number of oxime groups is 1. The molecule has 0 radical (unpaired) electrons. The van der Waals surface area contributed by atoms with Crippen LogP contribution in [-0.4, -0.2) is 23.2 Å². The highest BCUT2D eigenvalue weighted by Crippen LogP contribution is 2.50. The number of fused-ring (bicyclic) bond motifs is 1. The number of benzene rings is 3. The zero-order chi connectivity index (χ0) is 22.7. The Hall–Kier alpha value is -1.93. The SMILES string of the molecule is NC1CC1Sc1ccc(C2=NO[C@@](c3cc(Cl)cc(Cl)c3)(C(F)(F)F)C2)c2ccccc12. The molecule has 2 aliphatic rings. The van der Waals surface area contributed by atoms with Crippen molar-refractivity contribution in [1.82, 2.24) is 0 Å². The predicted octanol–water partition coefficient (Wildman–Crippen LogP) is 6.92. The van der Waals surface area contributed by atoms with Gasteiger partial charge in [0.15, 0.2) is 0 Å². The van der Waals surface area contributed by atoms with Crippen molar-refractivity contribution in [3.63, 3.8) is 0 Å².